The largest absolute Gasteiger partial charge is 0.352 e. The Hall–Kier alpha value is -1.30. The summed E-state index contributed by atoms with van der Waals surface area (Å²) in [6.45, 7) is 5.31. The zero-order valence-electron chi connectivity index (χ0n) is 12.7. The number of benzene rings is 1. The lowest BCUT2D eigenvalue weighted by Crippen LogP contribution is -2.36. The minimum Gasteiger partial charge on any atom is -0.352 e. The summed E-state index contributed by atoms with van der Waals surface area (Å²) in [6, 6.07) is 5.46. The molecule has 0 amide bonds. The maximum Gasteiger partial charge on any atom is 0.191 e. The molecule has 0 spiro atoms. The molecule has 22 heavy (non-hydrogen) atoms. The maximum atomic E-state index is 6.16. The molecule has 0 radical (unpaired) electrons. The Bertz CT molecular complexity index is 682. The quantitative estimate of drug-likeness (QED) is 0.644. The number of halogens is 2. The first kappa shape index (κ1) is 17.1. The highest BCUT2D eigenvalue weighted by Gasteiger charge is 2.07. The number of hydrogen-bond acceptors (Lipinski definition) is 3. The van der Waals surface area contributed by atoms with Gasteiger partial charge in [-0.15, -0.1) is 11.3 Å². The third-order valence-corrected chi connectivity index (χ3v) is 4.76. The van der Waals surface area contributed by atoms with Crippen LogP contribution in [0.15, 0.2) is 23.2 Å². The zero-order valence-corrected chi connectivity index (χ0v) is 15.0. The Morgan fingerprint density at radius 1 is 1.23 bits per heavy atom. The van der Waals surface area contributed by atoms with Gasteiger partial charge < -0.3 is 10.6 Å². The van der Waals surface area contributed by atoms with Gasteiger partial charge in [0.05, 0.1) is 17.2 Å². The van der Waals surface area contributed by atoms with Crippen molar-refractivity contribution in [2.24, 2.45) is 4.99 Å². The van der Waals surface area contributed by atoms with Crippen molar-refractivity contribution in [1.29, 1.82) is 0 Å². The fraction of sp³-hybridized carbons (Fsp3) is 0.333. The van der Waals surface area contributed by atoms with Crippen molar-refractivity contribution in [1.82, 2.24) is 15.6 Å². The molecule has 0 saturated carbocycles. The summed E-state index contributed by atoms with van der Waals surface area (Å²) < 4.78 is 0. The molecule has 2 rings (SSSR count). The summed E-state index contributed by atoms with van der Waals surface area (Å²) in [5.74, 6) is 0.719. The Balaban J connectivity index is 1.91. The lowest BCUT2D eigenvalue weighted by atomic mass is 10.2. The van der Waals surface area contributed by atoms with Crippen LogP contribution >= 0.6 is 34.5 Å². The number of guanidine groups is 1. The first-order valence-electron chi connectivity index (χ1n) is 6.81. The van der Waals surface area contributed by atoms with Crippen LogP contribution in [0.4, 0.5) is 0 Å². The van der Waals surface area contributed by atoms with E-state index in [0.717, 1.165) is 22.2 Å². The molecule has 2 aromatic rings. The standard InChI is InChI=1S/C15H18Cl2N4S/c1-9-14(22-10(2)21-9)8-20-15(18-3)19-7-11-4-5-12(16)6-13(11)17/h4-6H,7-8H2,1-3H3,(H2,18,19,20). The number of aromatic nitrogens is 1. The number of nitrogens with zero attached hydrogens (tertiary/aromatic N) is 2. The molecule has 0 aliphatic rings. The summed E-state index contributed by atoms with van der Waals surface area (Å²) in [5, 5.41) is 8.87. The Morgan fingerprint density at radius 2 is 1.95 bits per heavy atom. The van der Waals surface area contributed by atoms with Gasteiger partial charge in [0.15, 0.2) is 5.96 Å². The predicted molar refractivity (Wildman–Crippen MR) is 95.1 cm³/mol. The molecule has 0 saturated heterocycles. The van der Waals surface area contributed by atoms with Gasteiger partial charge in [-0.3, -0.25) is 4.99 Å². The van der Waals surface area contributed by atoms with Crippen molar-refractivity contribution in [3.63, 3.8) is 0 Å². The van der Waals surface area contributed by atoms with Gasteiger partial charge in [0.2, 0.25) is 0 Å². The van der Waals surface area contributed by atoms with Crippen LogP contribution in [0.25, 0.3) is 0 Å². The SMILES string of the molecule is CN=C(NCc1ccc(Cl)cc1Cl)NCc1sc(C)nc1C. The summed E-state index contributed by atoms with van der Waals surface area (Å²) in [5.41, 5.74) is 2.03. The maximum absolute atomic E-state index is 6.16. The molecule has 0 aliphatic carbocycles. The summed E-state index contributed by atoms with van der Waals surface area (Å²) >= 11 is 13.8. The highest BCUT2D eigenvalue weighted by molar-refractivity contribution is 7.11. The second kappa shape index (κ2) is 7.81. The Morgan fingerprint density at radius 3 is 2.55 bits per heavy atom. The summed E-state index contributed by atoms with van der Waals surface area (Å²) in [4.78, 5) is 9.84. The minimum atomic E-state index is 0.580. The Kier molecular flexibility index (Phi) is 6.06. The zero-order chi connectivity index (χ0) is 16.1. The van der Waals surface area contributed by atoms with Crippen molar-refractivity contribution in [2.45, 2.75) is 26.9 Å². The number of hydrogen-bond donors (Lipinski definition) is 2. The van der Waals surface area contributed by atoms with E-state index < -0.39 is 0 Å². The smallest absolute Gasteiger partial charge is 0.191 e. The molecule has 0 unspecified atom stereocenters. The monoisotopic (exact) mass is 356 g/mol. The van der Waals surface area contributed by atoms with Crippen LogP contribution in [-0.4, -0.2) is 18.0 Å². The number of thiazole rings is 1. The molecule has 7 heteroatoms. The van der Waals surface area contributed by atoms with E-state index in [1.54, 1.807) is 24.5 Å². The summed E-state index contributed by atoms with van der Waals surface area (Å²) in [6.07, 6.45) is 0. The molecule has 1 heterocycles. The topological polar surface area (TPSA) is 49.3 Å². The van der Waals surface area contributed by atoms with Gasteiger partial charge in [-0.25, -0.2) is 4.98 Å². The van der Waals surface area contributed by atoms with Gasteiger partial charge in [0.25, 0.3) is 0 Å². The fourth-order valence-corrected chi connectivity index (χ4v) is 3.32. The molecule has 1 aromatic heterocycles. The fourth-order valence-electron chi connectivity index (χ4n) is 1.97. The van der Waals surface area contributed by atoms with Crippen molar-refractivity contribution >= 4 is 40.5 Å². The van der Waals surface area contributed by atoms with Crippen molar-refractivity contribution < 1.29 is 0 Å². The average molecular weight is 357 g/mol. The van der Waals surface area contributed by atoms with Crippen molar-refractivity contribution in [3.05, 3.63) is 49.4 Å². The second-order valence-corrected chi connectivity index (χ2v) is 6.89. The highest BCUT2D eigenvalue weighted by Crippen LogP contribution is 2.20. The lowest BCUT2D eigenvalue weighted by Gasteiger charge is -2.12. The summed E-state index contributed by atoms with van der Waals surface area (Å²) in [7, 11) is 1.74. The van der Waals surface area contributed by atoms with E-state index in [2.05, 4.69) is 20.6 Å². The van der Waals surface area contributed by atoms with Crippen LogP contribution in [0.1, 0.15) is 21.1 Å². The van der Waals surface area contributed by atoms with Gasteiger partial charge >= 0.3 is 0 Å². The van der Waals surface area contributed by atoms with Crippen molar-refractivity contribution in [2.75, 3.05) is 7.05 Å². The predicted octanol–water partition coefficient (Wildman–Crippen LogP) is 3.93. The first-order chi connectivity index (χ1) is 10.5. The van der Waals surface area contributed by atoms with Crippen LogP contribution in [0.3, 0.4) is 0 Å². The lowest BCUT2D eigenvalue weighted by molar-refractivity contribution is 0.811. The van der Waals surface area contributed by atoms with E-state index >= 15 is 0 Å². The Labute approximate surface area is 144 Å². The first-order valence-corrected chi connectivity index (χ1v) is 8.38. The van der Waals surface area contributed by atoms with Crippen LogP contribution < -0.4 is 10.6 Å². The van der Waals surface area contributed by atoms with Gasteiger partial charge in [0, 0.05) is 28.5 Å². The molecule has 4 nitrogen and oxygen atoms in total. The third kappa shape index (κ3) is 4.60. The minimum absolute atomic E-state index is 0.580. The van der Waals surface area contributed by atoms with E-state index in [1.807, 2.05) is 26.0 Å². The number of aryl methyl sites for hydroxylation is 2. The van der Waals surface area contributed by atoms with Gasteiger partial charge in [0.1, 0.15) is 0 Å². The van der Waals surface area contributed by atoms with Crippen LogP contribution in [0.2, 0.25) is 10.0 Å². The molecule has 118 valence electrons. The molecule has 0 aliphatic heterocycles. The van der Waals surface area contributed by atoms with E-state index in [0.29, 0.717) is 23.1 Å². The molecule has 0 bridgehead atoms. The number of aliphatic imine (C=N–C) groups is 1. The van der Waals surface area contributed by atoms with E-state index in [9.17, 15) is 0 Å². The third-order valence-electron chi connectivity index (χ3n) is 3.10. The van der Waals surface area contributed by atoms with E-state index in [4.69, 9.17) is 23.2 Å². The van der Waals surface area contributed by atoms with Gasteiger partial charge in [-0.1, -0.05) is 29.3 Å². The van der Waals surface area contributed by atoms with Gasteiger partial charge in [-0.2, -0.15) is 0 Å². The normalized spacial score (nSPS) is 11.6. The molecular weight excluding hydrogens is 339 g/mol. The van der Waals surface area contributed by atoms with Crippen LogP contribution in [0.5, 0.6) is 0 Å². The van der Waals surface area contributed by atoms with Crippen molar-refractivity contribution in [3.8, 4) is 0 Å². The molecule has 0 atom stereocenters. The van der Waals surface area contributed by atoms with Crippen LogP contribution in [-0.2, 0) is 13.1 Å². The van der Waals surface area contributed by atoms with Crippen LogP contribution in [0, 0.1) is 13.8 Å². The molecule has 1 aromatic carbocycles. The van der Waals surface area contributed by atoms with E-state index in [1.165, 1.54) is 4.88 Å². The van der Waals surface area contributed by atoms with Gasteiger partial charge in [-0.05, 0) is 31.5 Å². The molecular formula is C15H18Cl2N4S. The number of rotatable bonds is 4. The second-order valence-electron chi connectivity index (χ2n) is 4.76. The average Bonchev–Trinajstić information content (AvgIpc) is 2.79. The molecule has 0 fully saturated rings. The highest BCUT2D eigenvalue weighted by atomic mass is 35.5. The number of nitrogens with one attached hydrogen (secondary N) is 2. The van der Waals surface area contributed by atoms with E-state index in [-0.39, 0.29) is 0 Å². The molecule has 2 N–H and O–H groups in total.